The molecule has 1 saturated carbocycles. The molecular formula is C18H22N2O2. The summed E-state index contributed by atoms with van der Waals surface area (Å²) < 4.78 is 6.09. The molecule has 1 aliphatic carbocycles. The minimum Gasteiger partial charge on any atom is -0.474 e. The minimum atomic E-state index is -0.119. The highest BCUT2D eigenvalue weighted by atomic mass is 16.5. The van der Waals surface area contributed by atoms with E-state index in [1.807, 2.05) is 37.3 Å². The van der Waals surface area contributed by atoms with Crippen LogP contribution in [-0.4, -0.2) is 23.5 Å². The van der Waals surface area contributed by atoms with Gasteiger partial charge in [-0.1, -0.05) is 24.6 Å². The lowest BCUT2D eigenvalue weighted by Gasteiger charge is -2.23. The molecule has 1 N–H and O–H groups in total. The van der Waals surface area contributed by atoms with Crippen molar-refractivity contribution in [2.45, 2.75) is 45.1 Å². The van der Waals surface area contributed by atoms with E-state index in [-0.39, 0.29) is 12.0 Å². The Bertz CT molecular complexity index is 663. The zero-order chi connectivity index (χ0) is 15.4. The number of hydrogen-bond acceptors (Lipinski definition) is 3. The van der Waals surface area contributed by atoms with Crippen LogP contribution in [-0.2, 0) is 0 Å². The summed E-state index contributed by atoms with van der Waals surface area (Å²) in [5.74, 6) is 0.350. The largest absolute Gasteiger partial charge is 0.474 e. The zero-order valence-electron chi connectivity index (χ0n) is 13.0. The van der Waals surface area contributed by atoms with Crippen LogP contribution in [0.4, 0.5) is 0 Å². The van der Waals surface area contributed by atoms with Crippen LogP contribution >= 0.6 is 0 Å². The Kier molecular flexibility index (Phi) is 4.56. The highest BCUT2D eigenvalue weighted by Crippen LogP contribution is 2.27. The van der Waals surface area contributed by atoms with E-state index in [9.17, 15) is 4.79 Å². The Morgan fingerprint density at radius 1 is 1.27 bits per heavy atom. The van der Waals surface area contributed by atoms with Crippen LogP contribution in [0.1, 0.15) is 49.4 Å². The minimum absolute atomic E-state index is 0.119. The summed E-state index contributed by atoms with van der Waals surface area (Å²) in [6.45, 7) is 2.50. The van der Waals surface area contributed by atoms with Gasteiger partial charge in [-0.3, -0.25) is 4.79 Å². The van der Waals surface area contributed by atoms with Gasteiger partial charge in [0.05, 0.1) is 5.52 Å². The summed E-state index contributed by atoms with van der Waals surface area (Å²) in [6, 6.07) is 9.70. The third kappa shape index (κ3) is 3.21. The molecule has 0 unspecified atom stereocenters. The lowest BCUT2D eigenvalue weighted by Crippen LogP contribution is -2.26. The molecule has 0 atom stereocenters. The van der Waals surface area contributed by atoms with Gasteiger partial charge in [0.1, 0.15) is 11.7 Å². The van der Waals surface area contributed by atoms with Crippen LogP contribution in [0.5, 0.6) is 5.88 Å². The molecular weight excluding hydrogens is 276 g/mol. The maximum atomic E-state index is 12.3. The number of para-hydroxylation sites is 1. The van der Waals surface area contributed by atoms with Gasteiger partial charge >= 0.3 is 0 Å². The van der Waals surface area contributed by atoms with E-state index in [4.69, 9.17) is 4.74 Å². The standard InChI is InChI=1S/C18H22N2O2/c1-2-19-17(21)15-12-13-8-6-7-11-16(13)20-18(15)22-14-9-4-3-5-10-14/h6-8,11-12,14H,2-5,9-10H2,1H3,(H,19,21). The zero-order valence-corrected chi connectivity index (χ0v) is 13.0. The van der Waals surface area contributed by atoms with E-state index in [1.54, 1.807) is 0 Å². The molecule has 1 amide bonds. The highest BCUT2D eigenvalue weighted by Gasteiger charge is 2.20. The summed E-state index contributed by atoms with van der Waals surface area (Å²) in [7, 11) is 0. The van der Waals surface area contributed by atoms with E-state index in [2.05, 4.69) is 10.3 Å². The lowest BCUT2D eigenvalue weighted by molar-refractivity contribution is 0.0941. The molecule has 4 nitrogen and oxygen atoms in total. The molecule has 0 radical (unpaired) electrons. The Hall–Kier alpha value is -2.10. The first kappa shape index (κ1) is 14.8. The Labute approximate surface area is 130 Å². The second-order valence-corrected chi connectivity index (χ2v) is 5.77. The SMILES string of the molecule is CCNC(=O)c1cc2ccccc2nc1OC1CCCCC1. The molecule has 1 fully saturated rings. The molecule has 0 spiro atoms. The molecule has 3 rings (SSSR count). The predicted molar refractivity (Wildman–Crippen MR) is 87.3 cm³/mol. The van der Waals surface area contributed by atoms with Crippen molar-refractivity contribution in [1.82, 2.24) is 10.3 Å². The number of carbonyl (C=O) groups is 1. The van der Waals surface area contributed by atoms with E-state index in [0.29, 0.717) is 18.0 Å². The predicted octanol–water partition coefficient (Wildman–Crippen LogP) is 3.70. The fraction of sp³-hybridized carbons (Fsp3) is 0.444. The second-order valence-electron chi connectivity index (χ2n) is 5.77. The van der Waals surface area contributed by atoms with Gasteiger partial charge in [0, 0.05) is 11.9 Å². The number of ether oxygens (including phenoxy) is 1. The summed E-state index contributed by atoms with van der Waals surface area (Å²) in [5.41, 5.74) is 1.40. The molecule has 2 aromatic rings. The van der Waals surface area contributed by atoms with Crippen LogP contribution in [0.3, 0.4) is 0 Å². The van der Waals surface area contributed by atoms with Crippen molar-refractivity contribution in [2.24, 2.45) is 0 Å². The number of aromatic nitrogens is 1. The van der Waals surface area contributed by atoms with Crippen molar-refractivity contribution in [1.29, 1.82) is 0 Å². The van der Waals surface area contributed by atoms with Gasteiger partial charge in [-0.25, -0.2) is 4.98 Å². The number of nitrogens with zero attached hydrogens (tertiary/aromatic N) is 1. The first-order valence-corrected chi connectivity index (χ1v) is 8.12. The smallest absolute Gasteiger partial charge is 0.256 e. The molecule has 4 heteroatoms. The maximum absolute atomic E-state index is 12.3. The number of carbonyl (C=O) groups excluding carboxylic acids is 1. The normalized spacial score (nSPS) is 15.7. The summed E-state index contributed by atoms with van der Waals surface area (Å²) in [4.78, 5) is 16.9. The number of rotatable bonds is 4. The van der Waals surface area contributed by atoms with Crippen LogP contribution in [0.2, 0.25) is 0 Å². The fourth-order valence-corrected chi connectivity index (χ4v) is 2.95. The average Bonchev–Trinajstić information content (AvgIpc) is 2.55. The fourth-order valence-electron chi connectivity index (χ4n) is 2.95. The van der Waals surface area contributed by atoms with Crippen molar-refractivity contribution in [3.8, 4) is 5.88 Å². The van der Waals surface area contributed by atoms with Gasteiger partial charge in [-0.15, -0.1) is 0 Å². The quantitative estimate of drug-likeness (QED) is 0.936. The molecule has 0 bridgehead atoms. The Morgan fingerprint density at radius 3 is 2.82 bits per heavy atom. The van der Waals surface area contributed by atoms with Gasteiger partial charge in [0.25, 0.3) is 5.91 Å². The maximum Gasteiger partial charge on any atom is 0.256 e. The molecule has 116 valence electrons. The first-order valence-electron chi connectivity index (χ1n) is 8.12. The van der Waals surface area contributed by atoms with Crippen molar-refractivity contribution in [3.05, 3.63) is 35.9 Å². The molecule has 1 heterocycles. The third-order valence-corrected chi connectivity index (χ3v) is 4.10. The topological polar surface area (TPSA) is 51.2 Å². The number of benzene rings is 1. The number of amides is 1. The molecule has 1 aliphatic rings. The van der Waals surface area contributed by atoms with Gasteiger partial charge in [-0.2, -0.15) is 0 Å². The van der Waals surface area contributed by atoms with Crippen molar-refractivity contribution < 1.29 is 9.53 Å². The first-order chi connectivity index (χ1) is 10.8. The monoisotopic (exact) mass is 298 g/mol. The number of nitrogens with one attached hydrogen (secondary N) is 1. The van der Waals surface area contributed by atoms with Crippen molar-refractivity contribution >= 4 is 16.8 Å². The van der Waals surface area contributed by atoms with Crippen LogP contribution < -0.4 is 10.1 Å². The summed E-state index contributed by atoms with van der Waals surface area (Å²) in [5, 5.41) is 3.80. The van der Waals surface area contributed by atoms with Crippen LogP contribution in [0.25, 0.3) is 10.9 Å². The molecule has 0 saturated heterocycles. The van der Waals surface area contributed by atoms with E-state index >= 15 is 0 Å². The van der Waals surface area contributed by atoms with Gasteiger partial charge in [0.15, 0.2) is 0 Å². The third-order valence-electron chi connectivity index (χ3n) is 4.10. The molecule has 1 aromatic carbocycles. The second kappa shape index (κ2) is 6.77. The number of fused-ring (bicyclic) bond motifs is 1. The highest BCUT2D eigenvalue weighted by molar-refractivity contribution is 5.99. The molecule has 22 heavy (non-hydrogen) atoms. The van der Waals surface area contributed by atoms with E-state index in [0.717, 1.165) is 23.7 Å². The molecule has 0 aliphatic heterocycles. The van der Waals surface area contributed by atoms with E-state index in [1.165, 1.54) is 19.3 Å². The Morgan fingerprint density at radius 2 is 2.05 bits per heavy atom. The number of hydrogen-bond donors (Lipinski definition) is 1. The van der Waals surface area contributed by atoms with Crippen LogP contribution in [0, 0.1) is 0 Å². The van der Waals surface area contributed by atoms with E-state index < -0.39 is 0 Å². The molecule has 1 aromatic heterocycles. The Balaban J connectivity index is 1.96. The van der Waals surface area contributed by atoms with Gasteiger partial charge in [0.2, 0.25) is 5.88 Å². The van der Waals surface area contributed by atoms with Crippen molar-refractivity contribution in [3.63, 3.8) is 0 Å². The summed E-state index contributed by atoms with van der Waals surface area (Å²) in [6.07, 6.45) is 5.92. The van der Waals surface area contributed by atoms with Crippen molar-refractivity contribution in [2.75, 3.05) is 6.54 Å². The summed E-state index contributed by atoms with van der Waals surface area (Å²) >= 11 is 0. The van der Waals surface area contributed by atoms with Gasteiger partial charge < -0.3 is 10.1 Å². The van der Waals surface area contributed by atoms with Crippen LogP contribution in [0.15, 0.2) is 30.3 Å². The van der Waals surface area contributed by atoms with Gasteiger partial charge in [-0.05, 0) is 44.7 Å². The average molecular weight is 298 g/mol. The number of pyridine rings is 1. The lowest BCUT2D eigenvalue weighted by atomic mass is 9.98.